The average molecular weight is 370 g/mol. The highest BCUT2D eigenvalue weighted by molar-refractivity contribution is 7.99. The summed E-state index contributed by atoms with van der Waals surface area (Å²) in [5.74, 6) is 0.139. The van der Waals surface area contributed by atoms with Crippen LogP contribution in [0.3, 0.4) is 0 Å². The van der Waals surface area contributed by atoms with Crippen molar-refractivity contribution in [3.05, 3.63) is 34.9 Å². The third-order valence-corrected chi connectivity index (χ3v) is 4.96. The van der Waals surface area contributed by atoms with Crippen molar-refractivity contribution in [1.29, 1.82) is 0 Å². The number of benzene rings is 1. The molecule has 128 valence electrons. The molecule has 24 heavy (non-hydrogen) atoms. The van der Waals surface area contributed by atoms with E-state index in [2.05, 4.69) is 15.5 Å². The second-order valence-electron chi connectivity index (χ2n) is 5.70. The molecule has 1 amide bonds. The largest absolute Gasteiger partial charge is 0.416 e. The van der Waals surface area contributed by atoms with Crippen LogP contribution < -0.4 is 5.32 Å². The molecule has 8 heteroatoms. The van der Waals surface area contributed by atoms with Crippen LogP contribution in [0.15, 0.2) is 27.8 Å². The van der Waals surface area contributed by atoms with Crippen LogP contribution in [-0.2, 0) is 4.79 Å². The minimum Gasteiger partial charge on any atom is -0.416 e. The highest BCUT2D eigenvalue weighted by Crippen LogP contribution is 2.32. The molecule has 1 heterocycles. The van der Waals surface area contributed by atoms with E-state index in [0.29, 0.717) is 22.1 Å². The highest BCUT2D eigenvalue weighted by Gasteiger charge is 2.21. The molecule has 0 aliphatic heterocycles. The standard InChI is InChI=1S/C16H17ClFN3O2S/c17-11-6-7-12(18)13(8-11)19-14(22)9-24-16-21-20-15(23-16)10-4-2-1-3-5-10/h6-8,10H,1-5,9H2,(H,19,22). The van der Waals surface area contributed by atoms with Gasteiger partial charge in [0.15, 0.2) is 0 Å². The van der Waals surface area contributed by atoms with E-state index < -0.39 is 5.82 Å². The molecule has 0 radical (unpaired) electrons. The van der Waals surface area contributed by atoms with Crippen LogP contribution in [0.4, 0.5) is 10.1 Å². The number of nitrogens with one attached hydrogen (secondary N) is 1. The van der Waals surface area contributed by atoms with E-state index >= 15 is 0 Å². The Bertz CT molecular complexity index is 719. The average Bonchev–Trinajstić information content (AvgIpc) is 3.06. The van der Waals surface area contributed by atoms with E-state index in [1.165, 1.54) is 37.5 Å². The van der Waals surface area contributed by atoms with Crippen LogP contribution >= 0.6 is 23.4 Å². The Morgan fingerprint density at radius 1 is 1.33 bits per heavy atom. The predicted molar refractivity (Wildman–Crippen MR) is 90.9 cm³/mol. The van der Waals surface area contributed by atoms with Gasteiger partial charge in [-0.25, -0.2) is 4.39 Å². The molecule has 2 aromatic rings. The fourth-order valence-corrected chi connectivity index (χ4v) is 3.44. The minimum absolute atomic E-state index is 0.0538. The van der Waals surface area contributed by atoms with Crippen molar-refractivity contribution >= 4 is 35.0 Å². The quantitative estimate of drug-likeness (QED) is 0.777. The second kappa shape index (κ2) is 7.98. The number of carbonyl (C=O) groups excluding carboxylic acids is 1. The fourth-order valence-electron chi connectivity index (χ4n) is 2.70. The van der Waals surface area contributed by atoms with E-state index in [-0.39, 0.29) is 17.3 Å². The van der Waals surface area contributed by atoms with Crippen molar-refractivity contribution in [2.24, 2.45) is 0 Å². The molecule has 1 aromatic carbocycles. The topological polar surface area (TPSA) is 68.0 Å². The van der Waals surface area contributed by atoms with E-state index in [1.807, 2.05) is 0 Å². The molecule has 1 aliphatic rings. The third-order valence-electron chi connectivity index (χ3n) is 3.91. The molecule has 0 unspecified atom stereocenters. The number of hydrogen-bond acceptors (Lipinski definition) is 5. The summed E-state index contributed by atoms with van der Waals surface area (Å²) in [6.45, 7) is 0. The van der Waals surface area contributed by atoms with Crippen LogP contribution in [0.2, 0.25) is 5.02 Å². The summed E-state index contributed by atoms with van der Waals surface area (Å²) in [7, 11) is 0. The summed E-state index contributed by atoms with van der Waals surface area (Å²) >= 11 is 6.93. The van der Waals surface area contributed by atoms with Gasteiger partial charge in [0.25, 0.3) is 5.22 Å². The molecule has 1 aliphatic carbocycles. The van der Waals surface area contributed by atoms with Crippen molar-refractivity contribution in [2.45, 2.75) is 43.2 Å². The first kappa shape index (κ1) is 17.2. The lowest BCUT2D eigenvalue weighted by atomic mass is 9.89. The molecule has 0 bridgehead atoms. The summed E-state index contributed by atoms with van der Waals surface area (Å²) in [6, 6.07) is 4.00. The zero-order chi connectivity index (χ0) is 16.9. The minimum atomic E-state index is -0.532. The number of halogens is 2. The smallest absolute Gasteiger partial charge is 0.277 e. The summed E-state index contributed by atoms with van der Waals surface area (Å²) in [5, 5.41) is 11.2. The lowest BCUT2D eigenvalue weighted by Crippen LogP contribution is -2.15. The molecule has 1 saturated carbocycles. The molecule has 0 atom stereocenters. The van der Waals surface area contributed by atoms with Crippen LogP contribution in [0.5, 0.6) is 0 Å². The first-order valence-electron chi connectivity index (χ1n) is 7.83. The van der Waals surface area contributed by atoms with Gasteiger partial charge >= 0.3 is 0 Å². The zero-order valence-electron chi connectivity index (χ0n) is 12.9. The van der Waals surface area contributed by atoms with E-state index in [9.17, 15) is 9.18 Å². The van der Waals surface area contributed by atoms with Gasteiger partial charge in [0, 0.05) is 10.9 Å². The van der Waals surface area contributed by atoms with E-state index in [1.54, 1.807) is 0 Å². The Hall–Kier alpha value is -1.60. The van der Waals surface area contributed by atoms with Crippen LogP contribution in [0.1, 0.15) is 43.9 Å². The van der Waals surface area contributed by atoms with Gasteiger partial charge in [0.1, 0.15) is 5.82 Å². The van der Waals surface area contributed by atoms with Crippen molar-refractivity contribution in [3.8, 4) is 0 Å². The molecule has 1 fully saturated rings. The summed E-state index contributed by atoms with van der Waals surface area (Å²) in [5.41, 5.74) is 0.0570. The van der Waals surface area contributed by atoms with Crippen molar-refractivity contribution < 1.29 is 13.6 Å². The molecule has 0 spiro atoms. The summed E-state index contributed by atoms with van der Waals surface area (Å²) in [6.07, 6.45) is 5.76. The number of amides is 1. The Balaban J connectivity index is 1.53. The van der Waals surface area contributed by atoms with E-state index in [0.717, 1.165) is 24.6 Å². The van der Waals surface area contributed by atoms with Crippen LogP contribution in [0, 0.1) is 5.82 Å². The van der Waals surface area contributed by atoms with Gasteiger partial charge in [-0.05, 0) is 31.0 Å². The van der Waals surface area contributed by atoms with E-state index in [4.69, 9.17) is 16.0 Å². The monoisotopic (exact) mass is 369 g/mol. The zero-order valence-corrected chi connectivity index (χ0v) is 14.5. The first-order valence-corrected chi connectivity index (χ1v) is 9.19. The van der Waals surface area contributed by atoms with Gasteiger partial charge in [-0.3, -0.25) is 4.79 Å². The van der Waals surface area contributed by atoms with Crippen molar-refractivity contribution in [2.75, 3.05) is 11.1 Å². The van der Waals surface area contributed by atoms with Gasteiger partial charge in [-0.15, -0.1) is 10.2 Å². The molecular formula is C16H17ClFN3O2S. The maximum absolute atomic E-state index is 13.6. The number of nitrogens with zero attached hydrogens (tertiary/aromatic N) is 2. The molecule has 1 aromatic heterocycles. The molecule has 1 N–H and O–H groups in total. The Kier molecular flexibility index (Phi) is 5.73. The Morgan fingerprint density at radius 3 is 2.92 bits per heavy atom. The van der Waals surface area contributed by atoms with Crippen LogP contribution in [-0.4, -0.2) is 21.9 Å². The predicted octanol–water partition coefficient (Wildman–Crippen LogP) is 4.64. The van der Waals surface area contributed by atoms with Crippen LogP contribution in [0.25, 0.3) is 0 Å². The number of carbonyl (C=O) groups is 1. The number of thioether (sulfide) groups is 1. The van der Waals surface area contributed by atoms with Crippen molar-refractivity contribution in [3.63, 3.8) is 0 Å². The van der Waals surface area contributed by atoms with Gasteiger partial charge in [-0.1, -0.05) is 42.6 Å². The van der Waals surface area contributed by atoms with Gasteiger partial charge < -0.3 is 9.73 Å². The first-order chi connectivity index (χ1) is 11.6. The number of aromatic nitrogens is 2. The third kappa shape index (κ3) is 4.48. The van der Waals surface area contributed by atoms with Gasteiger partial charge in [-0.2, -0.15) is 0 Å². The Morgan fingerprint density at radius 2 is 2.12 bits per heavy atom. The normalized spacial score (nSPS) is 15.4. The summed E-state index contributed by atoms with van der Waals surface area (Å²) < 4.78 is 19.2. The SMILES string of the molecule is O=C(CSc1nnc(C2CCCCC2)o1)Nc1cc(Cl)ccc1F. The summed E-state index contributed by atoms with van der Waals surface area (Å²) in [4.78, 5) is 11.9. The lowest BCUT2D eigenvalue weighted by molar-refractivity contribution is -0.113. The maximum atomic E-state index is 13.6. The van der Waals surface area contributed by atoms with Crippen molar-refractivity contribution in [1.82, 2.24) is 10.2 Å². The number of rotatable bonds is 5. The van der Waals surface area contributed by atoms with Gasteiger partial charge in [0.2, 0.25) is 11.8 Å². The number of hydrogen-bond donors (Lipinski definition) is 1. The fraction of sp³-hybridized carbons (Fsp3) is 0.438. The molecule has 3 rings (SSSR count). The second-order valence-corrected chi connectivity index (χ2v) is 7.07. The van der Waals surface area contributed by atoms with Gasteiger partial charge in [0.05, 0.1) is 11.4 Å². The Labute approximate surface area is 148 Å². The molecular weight excluding hydrogens is 353 g/mol. The lowest BCUT2D eigenvalue weighted by Gasteiger charge is -2.17. The maximum Gasteiger partial charge on any atom is 0.277 e. The molecule has 5 nitrogen and oxygen atoms in total. The number of anilines is 1. The molecule has 0 saturated heterocycles. The highest BCUT2D eigenvalue weighted by atomic mass is 35.5.